The predicted molar refractivity (Wildman–Crippen MR) is 135 cm³/mol. The molecule has 11 heteroatoms. The lowest BCUT2D eigenvalue weighted by atomic mass is 9.98. The van der Waals surface area contributed by atoms with E-state index in [1.54, 1.807) is 24.3 Å². The monoisotopic (exact) mass is 508 g/mol. The summed E-state index contributed by atoms with van der Waals surface area (Å²) in [5.74, 6) is 0.815. The first-order valence-electron chi connectivity index (χ1n) is 11.8. The zero-order chi connectivity index (χ0) is 25.5. The quantitative estimate of drug-likeness (QED) is 0.238. The molecule has 5 N–H and O–H groups in total. The molecule has 1 unspecified atom stereocenters. The number of ether oxygens (including phenoxy) is 3. The number of benzene rings is 1. The molecule has 0 fully saturated rings. The number of amides is 2. The van der Waals surface area contributed by atoms with Crippen molar-refractivity contribution >= 4 is 28.3 Å². The first-order valence-corrected chi connectivity index (χ1v) is 12.7. The molecule has 0 saturated heterocycles. The number of hydrogen-bond acceptors (Lipinski definition) is 9. The predicted octanol–water partition coefficient (Wildman–Crippen LogP) is 3.42. The van der Waals surface area contributed by atoms with Gasteiger partial charge in [-0.3, -0.25) is 10.1 Å². The molecular weight excluding hydrogens is 472 g/mol. The van der Waals surface area contributed by atoms with E-state index in [-0.39, 0.29) is 6.61 Å². The van der Waals surface area contributed by atoms with Crippen molar-refractivity contribution in [3.8, 4) is 10.9 Å². The molecule has 0 bridgehead atoms. The molecule has 1 aromatic heterocycles. The van der Waals surface area contributed by atoms with E-state index >= 15 is 0 Å². The van der Waals surface area contributed by atoms with Crippen molar-refractivity contribution in [1.82, 2.24) is 10.3 Å². The van der Waals surface area contributed by atoms with Gasteiger partial charge in [-0.1, -0.05) is 38.0 Å². The lowest BCUT2D eigenvalue weighted by Gasteiger charge is -2.12. The zero-order valence-electron chi connectivity index (χ0n) is 20.3. The van der Waals surface area contributed by atoms with Gasteiger partial charge in [0.2, 0.25) is 5.91 Å². The van der Waals surface area contributed by atoms with Gasteiger partial charge in [0, 0.05) is 18.7 Å². The summed E-state index contributed by atoms with van der Waals surface area (Å²) in [5, 5.41) is 16.6. The minimum Gasteiger partial charge on any atom is -0.492 e. The number of carbonyl (C=O) groups excluding carboxylic acids is 2. The van der Waals surface area contributed by atoms with E-state index in [9.17, 15) is 14.7 Å². The van der Waals surface area contributed by atoms with Crippen LogP contribution in [0.15, 0.2) is 30.5 Å². The highest BCUT2D eigenvalue weighted by atomic mass is 32.1. The fourth-order valence-corrected chi connectivity index (χ4v) is 3.86. The first-order chi connectivity index (χ1) is 16.9. The van der Waals surface area contributed by atoms with Crippen molar-refractivity contribution in [2.75, 3.05) is 38.2 Å². The lowest BCUT2D eigenvalue weighted by molar-refractivity contribution is 0.1000. The van der Waals surface area contributed by atoms with Gasteiger partial charge in [0.15, 0.2) is 0 Å². The number of hydrogen-bond donors (Lipinski definition) is 4. The number of aromatic nitrogens is 1. The van der Waals surface area contributed by atoms with Crippen LogP contribution in [0, 0.1) is 5.92 Å². The largest absolute Gasteiger partial charge is 0.492 e. The molecule has 2 aromatic rings. The number of rotatable bonds is 17. The Morgan fingerprint density at radius 2 is 1.89 bits per heavy atom. The van der Waals surface area contributed by atoms with Crippen molar-refractivity contribution in [2.24, 2.45) is 11.7 Å². The highest BCUT2D eigenvalue weighted by Gasteiger charge is 2.11. The molecule has 194 valence electrons. The fraction of sp³-hybridized carbons (Fsp3) is 0.542. The third-order valence-electron chi connectivity index (χ3n) is 5.32. The van der Waals surface area contributed by atoms with Crippen molar-refractivity contribution in [1.29, 1.82) is 0 Å². The summed E-state index contributed by atoms with van der Waals surface area (Å²) in [6.45, 7) is 6.00. The number of thiazole rings is 1. The zero-order valence-corrected chi connectivity index (χ0v) is 21.1. The molecule has 2 amide bonds. The topological polar surface area (TPSA) is 145 Å². The second kappa shape index (κ2) is 15.9. The second-order valence-corrected chi connectivity index (χ2v) is 8.98. The van der Waals surface area contributed by atoms with E-state index in [1.807, 2.05) is 0 Å². The van der Waals surface area contributed by atoms with Crippen LogP contribution in [0.1, 0.15) is 49.9 Å². The number of aliphatic hydroxyl groups excluding tert-OH is 1. The summed E-state index contributed by atoms with van der Waals surface area (Å²) in [7, 11) is 0. The van der Waals surface area contributed by atoms with E-state index in [4.69, 9.17) is 19.9 Å². The molecule has 0 spiro atoms. The smallest absolute Gasteiger partial charge is 0.412 e. The highest BCUT2D eigenvalue weighted by molar-refractivity contribution is 7.17. The van der Waals surface area contributed by atoms with E-state index in [2.05, 4.69) is 29.5 Å². The lowest BCUT2D eigenvalue weighted by Crippen LogP contribution is -2.33. The molecule has 0 aliphatic rings. The maximum Gasteiger partial charge on any atom is 0.412 e. The van der Waals surface area contributed by atoms with Crippen LogP contribution in [0.3, 0.4) is 0 Å². The number of aliphatic hydroxyl groups is 1. The van der Waals surface area contributed by atoms with Gasteiger partial charge in [0.05, 0.1) is 12.8 Å². The summed E-state index contributed by atoms with van der Waals surface area (Å²) < 4.78 is 16.3. The minimum atomic E-state index is -0.745. The van der Waals surface area contributed by atoms with Gasteiger partial charge in [-0.2, -0.15) is 0 Å². The third kappa shape index (κ3) is 11.4. The van der Waals surface area contributed by atoms with Crippen molar-refractivity contribution < 1.29 is 28.9 Å². The SMILES string of the molecule is CCC(CC)CCCOC(=O)Nc1cnc(OCC(O)CNCCOc2ccc(C(N)=O)cc2)s1. The maximum absolute atomic E-state index is 11.9. The molecule has 0 aliphatic heterocycles. The average molecular weight is 509 g/mol. The van der Waals surface area contributed by atoms with Crippen molar-refractivity contribution in [3.05, 3.63) is 36.0 Å². The Labute approximate surface area is 210 Å². The summed E-state index contributed by atoms with van der Waals surface area (Å²) in [4.78, 5) is 27.0. The van der Waals surface area contributed by atoms with Gasteiger partial charge in [-0.15, -0.1) is 0 Å². The Morgan fingerprint density at radius 1 is 1.14 bits per heavy atom. The van der Waals surface area contributed by atoms with Crippen LogP contribution in [0.5, 0.6) is 10.9 Å². The molecule has 1 aromatic carbocycles. The normalized spacial score (nSPS) is 11.8. The second-order valence-electron chi connectivity index (χ2n) is 7.98. The highest BCUT2D eigenvalue weighted by Crippen LogP contribution is 2.25. The van der Waals surface area contributed by atoms with Crippen molar-refractivity contribution in [3.63, 3.8) is 0 Å². The maximum atomic E-state index is 11.9. The number of nitrogens with zero attached hydrogens (tertiary/aromatic N) is 1. The first kappa shape index (κ1) is 28.3. The van der Waals surface area contributed by atoms with E-state index in [0.717, 1.165) is 37.0 Å². The van der Waals surface area contributed by atoms with Gasteiger partial charge in [0.1, 0.15) is 30.1 Å². The number of carbonyl (C=O) groups is 2. The summed E-state index contributed by atoms with van der Waals surface area (Å²) in [6.07, 6.45) is 4.41. The summed E-state index contributed by atoms with van der Waals surface area (Å²) in [5.41, 5.74) is 5.62. The van der Waals surface area contributed by atoms with E-state index < -0.39 is 18.1 Å². The molecular formula is C24H36N4O6S. The molecule has 0 saturated carbocycles. The summed E-state index contributed by atoms with van der Waals surface area (Å²) in [6, 6.07) is 6.55. The van der Waals surface area contributed by atoms with Gasteiger partial charge in [0.25, 0.3) is 5.19 Å². The van der Waals surface area contributed by atoms with Crippen LogP contribution >= 0.6 is 11.3 Å². The Hall–Kier alpha value is -2.89. The molecule has 1 atom stereocenters. The van der Waals surface area contributed by atoms with E-state index in [1.165, 1.54) is 6.20 Å². The number of primary amides is 1. The Bertz CT molecular complexity index is 888. The summed E-state index contributed by atoms with van der Waals surface area (Å²) >= 11 is 1.16. The van der Waals surface area contributed by atoms with Crippen molar-refractivity contribution in [2.45, 2.75) is 45.6 Å². The van der Waals surface area contributed by atoms with Crippen LogP contribution < -0.4 is 25.8 Å². The van der Waals surface area contributed by atoms with Gasteiger partial charge >= 0.3 is 6.09 Å². The molecule has 0 radical (unpaired) electrons. The Morgan fingerprint density at radius 3 is 2.57 bits per heavy atom. The van der Waals surface area contributed by atoms with E-state index in [0.29, 0.717) is 53.7 Å². The molecule has 1 heterocycles. The molecule has 0 aliphatic carbocycles. The van der Waals surface area contributed by atoms with Crippen LogP contribution in [0.2, 0.25) is 0 Å². The molecule has 10 nitrogen and oxygen atoms in total. The molecule has 35 heavy (non-hydrogen) atoms. The minimum absolute atomic E-state index is 0.0514. The van der Waals surface area contributed by atoms with Gasteiger partial charge in [-0.05, 0) is 43.0 Å². The molecule has 2 rings (SSSR count). The van der Waals surface area contributed by atoms with Gasteiger partial charge < -0.3 is 30.4 Å². The number of nitrogens with one attached hydrogen (secondary N) is 2. The third-order valence-corrected chi connectivity index (χ3v) is 6.15. The average Bonchev–Trinajstić information content (AvgIpc) is 3.30. The fourth-order valence-electron chi connectivity index (χ4n) is 3.20. The Balaban J connectivity index is 1.55. The standard InChI is InChI=1S/C24H36N4O6S/c1-3-17(4-2)6-5-12-33-23(31)28-21-15-27-24(35-21)34-16-19(29)14-26-11-13-32-20-9-7-18(8-10-20)22(25)30/h7-10,15,17,19,26,29H,3-6,11-14,16H2,1-2H3,(H2,25,30)(H,28,31). The Kier molecular flexibility index (Phi) is 12.9. The number of anilines is 1. The van der Waals surface area contributed by atoms with Crippen LogP contribution in [-0.2, 0) is 4.74 Å². The van der Waals surface area contributed by atoms with Crippen LogP contribution in [0.25, 0.3) is 0 Å². The van der Waals surface area contributed by atoms with Gasteiger partial charge in [-0.25, -0.2) is 9.78 Å². The van der Waals surface area contributed by atoms with Crippen LogP contribution in [0.4, 0.5) is 9.80 Å². The number of nitrogens with two attached hydrogens (primary N) is 1. The van der Waals surface area contributed by atoms with Crippen LogP contribution in [-0.4, -0.2) is 61.1 Å².